The van der Waals surface area contributed by atoms with Crippen LogP contribution in [0.15, 0.2) is 59.4 Å². The van der Waals surface area contributed by atoms with Crippen molar-refractivity contribution in [2.45, 2.75) is 64.2 Å². The number of rotatable bonds is 6. The van der Waals surface area contributed by atoms with Crippen LogP contribution in [0.4, 0.5) is 39.5 Å². The fraction of sp³-hybridized carbons (Fsp3) is 0.429. The Morgan fingerprint density at radius 1 is 0.949 bits per heavy atom. The summed E-state index contributed by atoms with van der Waals surface area (Å²) < 4.78 is 136. The van der Waals surface area contributed by atoms with Crippen LogP contribution in [0.3, 0.4) is 0 Å². The number of allylic oxidation sites excluding steroid dienone is 3. The molecule has 2 aromatic carbocycles. The molecule has 0 aliphatic heterocycles. The van der Waals surface area contributed by atoms with Gasteiger partial charge < -0.3 is 9.47 Å². The van der Waals surface area contributed by atoms with Crippen molar-refractivity contribution in [1.82, 2.24) is 0 Å². The summed E-state index contributed by atoms with van der Waals surface area (Å²) in [7, 11) is 0. The molecule has 0 heterocycles. The van der Waals surface area contributed by atoms with Crippen LogP contribution < -0.4 is 9.47 Å². The van der Waals surface area contributed by atoms with Crippen LogP contribution in [0.1, 0.15) is 46.0 Å². The van der Waals surface area contributed by atoms with E-state index in [4.69, 9.17) is 4.74 Å². The van der Waals surface area contributed by atoms with Gasteiger partial charge in [-0.25, -0.2) is 26.3 Å². The Kier molecular flexibility index (Phi) is 8.01. The summed E-state index contributed by atoms with van der Waals surface area (Å²) in [6.07, 6.45) is -5.28. The Bertz CT molecular complexity index is 1270. The van der Waals surface area contributed by atoms with E-state index in [0.717, 1.165) is 6.42 Å². The van der Waals surface area contributed by atoms with Crippen molar-refractivity contribution in [3.05, 3.63) is 71.0 Å². The van der Waals surface area contributed by atoms with Gasteiger partial charge in [-0.2, -0.15) is 0 Å². The van der Waals surface area contributed by atoms with Crippen LogP contribution in [0.25, 0.3) is 11.1 Å². The van der Waals surface area contributed by atoms with Gasteiger partial charge in [0.1, 0.15) is 11.6 Å². The first-order chi connectivity index (χ1) is 18.2. The summed E-state index contributed by atoms with van der Waals surface area (Å²) in [6.45, 7) is 2.53. The van der Waals surface area contributed by atoms with Gasteiger partial charge in [0, 0.05) is 11.1 Å². The third-order valence-electron chi connectivity index (χ3n) is 7.29. The minimum Gasteiger partial charge on any atom is -0.453 e. The number of alkyl halides is 5. The number of para-hydroxylation sites is 1. The van der Waals surface area contributed by atoms with Crippen molar-refractivity contribution in [2.24, 2.45) is 11.8 Å². The second-order valence-corrected chi connectivity index (χ2v) is 9.88. The maximum absolute atomic E-state index is 15.5. The van der Waals surface area contributed by atoms with Crippen molar-refractivity contribution in [2.75, 3.05) is 0 Å². The first kappa shape index (κ1) is 28.9. The normalized spacial score (nSPS) is 26.2. The third-order valence-corrected chi connectivity index (χ3v) is 7.29. The van der Waals surface area contributed by atoms with Crippen LogP contribution in [0.5, 0.6) is 11.5 Å². The first-order valence-electron chi connectivity index (χ1n) is 12.4. The SMILES string of the molecule is CCC1CCC(C2=C(F)[C@H](F)[C@](C)(F)C(F)=C2Oc2ccccc2-c2cc(F)c(OC(F)(F)F)c(F)c2)CC1. The van der Waals surface area contributed by atoms with E-state index in [0.29, 0.717) is 50.7 Å². The average molecular weight is 564 g/mol. The minimum absolute atomic E-state index is 0.133. The summed E-state index contributed by atoms with van der Waals surface area (Å²) in [4.78, 5) is 0. The smallest absolute Gasteiger partial charge is 0.453 e. The Balaban J connectivity index is 1.76. The molecular formula is C28H25F9O2. The second-order valence-electron chi connectivity index (χ2n) is 9.88. The maximum atomic E-state index is 15.5. The molecule has 1 saturated carbocycles. The predicted octanol–water partition coefficient (Wildman–Crippen LogP) is 9.61. The van der Waals surface area contributed by atoms with E-state index in [1.54, 1.807) is 0 Å². The van der Waals surface area contributed by atoms with Gasteiger partial charge in [-0.1, -0.05) is 31.5 Å². The van der Waals surface area contributed by atoms with Crippen molar-refractivity contribution in [3.8, 4) is 22.6 Å². The van der Waals surface area contributed by atoms with Gasteiger partial charge >= 0.3 is 6.36 Å². The van der Waals surface area contributed by atoms with Gasteiger partial charge in [-0.05, 0) is 68.2 Å². The van der Waals surface area contributed by atoms with E-state index in [9.17, 15) is 26.3 Å². The Hall–Kier alpha value is -3.11. The van der Waals surface area contributed by atoms with Crippen LogP contribution in [0, 0.1) is 23.5 Å². The molecule has 2 atom stereocenters. The lowest BCUT2D eigenvalue weighted by Crippen LogP contribution is -2.39. The summed E-state index contributed by atoms with van der Waals surface area (Å²) in [5.41, 5.74) is -4.28. The van der Waals surface area contributed by atoms with Gasteiger partial charge in [0.25, 0.3) is 0 Å². The molecule has 4 rings (SSSR count). The van der Waals surface area contributed by atoms with Crippen LogP contribution in [-0.4, -0.2) is 18.2 Å². The molecule has 0 amide bonds. The van der Waals surface area contributed by atoms with Crippen molar-refractivity contribution in [3.63, 3.8) is 0 Å². The summed E-state index contributed by atoms with van der Waals surface area (Å²) in [5.74, 6) is -9.69. The first-order valence-corrected chi connectivity index (χ1v) is 12.4. The summed E-state index contributed by atoms with van der Waals surface area (Å²) in [5, 5.41) is 0. The van der Waals surface area contributed by atoms with E-state index in [-0.39, 0.29) is 16.9 Å². The van der Waals surface area contributed by atoms with E-state index in [1.165, 1.54) is 24.3 Å². The van der Waals surface area contributed by atoms with Gasteiger partial charge in [-0.3, -0.25) is 0 Å². The molecule has 2 aliphatic rings. The molecule has 0 spiro atoms. The zero-order valence-corrected chi connectivity index (χ0v) is 20.9. The van der Waals surface area contributed by atoms with Gasteiger partial charge in [0.05, 0.1) is 0 Å². The average Bonchev–Trinajstić information content (AvgIpc) is 2.88. The standard InChI is InChI=1S/C28H25F9O2/c1-3-14-8-10-15(11-9-14)21-22(31)25(32)27(2,34)26(33)24(21)38-20-7-5-4-6-17(20)16-12-18(29)23(19(30)13-16)39-28(35,36)37/h4-7,12-15,25H,3,8-11H2,1-2H3/t14?,15?,25-,27-/m0/s1. The quantitative estimate of drug-likeness (QED) is 0.325. The number of hydrogen-bond donors (Lipinski definition) is 0. The van der Waals surface area contributed by atoms with Crippen molar-refractivity contribution < 1.29 is 49.0 Å². The molecule has 2 nitrogen and oxygen atoms in total. The van der Waals surface area contributed by atoms with Gasteiger partial charge in [0.2, 0.25) is 5.75 Å². The molecule has 0 bridgehead atoms. The molecule has 1 fully saturated rings. The van der Waals surface area contributed by atoms with Gasteiger partial charge in [-0.15, -0.1) is 13.2 Å². The zero-order chi connectivity index (χ0) is 28.7. The molecule has 39 heavy (non-hydrogen) atoms. The fourth-order valence-corrected chi connectivity index (χ4v) is 5.11. The minimum atomic E-state index is -5.36. The molecule has 0 saturated heterocycles. The van der Waals surface area contributed by atoms with Crippen molar-refractivity contribution >= 4 is 0 Å². The Morgan fingerprint density at radius 2 is 1.54 bits per heavy atom. The maximum Gasteiger partial charge on any atom is 0.573 e. The molecule has 2 aliphatic carbocycles. The highest BCUT2D eigenvalue weighted by atomic mass is 19.4. The highest BCUT2D eigenvalue weighted by Crippen LogP contribution is 2.50. The number of ether oxygens (including phenoxy) is 2. The highest BCUT2D eigenvalue weighted by Gasteiger charge is 2.52. The van der Waals surface area contributed by atoms with E-state index in [2.05, 4.69) is 4.74 Å². The highest BCUT2D eigenvalue weighted by molar-refractivity contribution is 5.72. The predicted molar refractivity (Wildman–Crippen MR) is 126 cm³/mol. The molecule has 0 aromatic heterocycles. The largest absolute Gasteiger partial charge is 0.573 e. The summed E-state index contributed by atoms with van der Waals surface area (Å²) in [6, 6.07) is 6.33. The van der Waals surface area contributed by atoms with Gasteiger partial charge in [0.15, 0.2) is 35.1 Å². The number of benzene rings is 2. The zero-order valence-electron chi connectivity index (χ0n) is 20.9. The second kappa shape index (κ2) is 10.8. The summed E-state index contributed by atoms with van der Waals surface area (Å²) >= 11 is 0. The lowest BCUT2D eigenvalue weighted by atomic mass is 9.74. The molecule has 0 N–H and O–H groups in total. The van der Waals surface area contributed by atoms with Crippen LogP contribution >= 0.6 is 0 Å². The lowest BCUT2D eigenvalue weighted by Gasteiger charge is -2.36. The monoisotopic (exact) mass is 564 g/mol. The molecule has 0 unspecified atom stereocenters. The molecular weight excluding hydrogens is 539 g/mol. The molecule has 2 aromatic rings. The fourth-order valence-electron chi connectivity index (χ4n) is 5.11. The van der Waals surface area contributed by atoms with E-state index in [1.807, 2.05) is 6.92 Å². The molecule has 212 valence electrons. The topological polar surface area (TPSA) is 18.5 Å². The number of halogens is 9. The van der Waals surface area contributed by atoms with Crippen LogP contribution in [-0.2, 0) is 0 Å². The molecule has 0 radical (unpaired) electrons. The Morgan fingerprint density at radius 3 is 2.10 bits per heavy atom. The van der Waals surface area contributed by atoms with E-state index < -0.39 is 64.5 Å². The van der Waals surface area contributed by atoms with Crippen molar-refractivity contribution in [1.29, 1.82) is 0 Å². The number of hydrogen-bond acceptors (Lipinski definition) is 2. The Labute approximate surface area is 219 Å². The van der Waals surface area contributed by atoms with E-state index >= 15 is 13.2 Å². The third kappa shape index (κ3) is 5.77. The lowest BCUT2D eigenvalue weighted by molar-refractivity contribution is -0.276. The molecule has 11 heteroatoms. The van der Waals surface area contributed by atoms with Crippen LogP contribution in [0.2, 0.25) is 0 Å².